The molecule has 0 saturated carbocycles. The number of aromatic nitrogens is 1. The van der Waals surface area contributed by atoms with Gasteiger partial charge >= 0.3 is 0 Å². The summed E-state index contributed by atoms with van der Waals surface area (Å²) in [4.78, 5) is 3.37. The van der Waals surface area contributed by atoms with Gasteiger partial charge in [-0.3, -0.25) is 4.98 Å². The maximum absolute atomic E-state index is 13.3. The Labute approximate surface area is 96.7 Å². The molecule has 1 aromatic heterocycles. The molecule has 0 aliphatic rings. The van der Waals surface area contributed by atoms with Crippen molar-refractivity contribution < 1.29 is 26.3 Å². The number of halogens is 6. The normalized spacial score (nSPS) is 10.8. The van der Waals surface area contributed by atoms with Gasteiger partial charge in [0.25, 0.3) is 0 Å². The van der Waals surface area contributed by atoms with E-state index in [1.165, 1.54) is 0 Å². The molecule has 1 heterocycles. The molecule has 0 saturated heterocycles. The largest absolute Gasteiger partial charge is 0.256 e. The zero-order chi connectivity index (χ0) is 13.4. The molecule has 0 aliphatic carbocycles. The van der Waals surface area contributed by atoms with Gasteiger partial charge in [-0.15, -0.1) is 0 Å². The number of hydrogen-bond donors (Lipinski definition) is 0. The average Bonchev–Trinajstić information content (AvgIpc) is 2.34. The highest BCUT2D eigenvalue weighted by atomic mass is 19.2. The molecule has 94 valence electrons. The van der Waals surface area contributed by atoms with Crippen LogP contribution in [-0.4, -0.2) is 4.98 Å². The maximum atomic E-state index is 13.3. The van der Waals surface area contributed by atoms with Crippen molar-refractivity contribution in [2.45, 2.75) is 0 Å². The monoisotopic (exact) mass is 263 g/mol. The topological polar surface area (TPSA) is 12.9 Å². The Hall–Kier alpha value is -2.05. The molecule has 1 aromatic carbocycles. The highest BCUT2D eigenvalue weighted by molar-refractivity contribution is 5.61. The van der Waals surface area contributed by atoms with E-state index in [4.69, 9.17) is 0 Å². The van der Waals surface area contributed by atoms with E-state index in [0.717, 1.165) is 12.3 Å². The highest BCUT2D eigenvalue weighted by Crippen LogP contribution is 2.30. The Morgan fingerprint density at radius 3 is 1.72 bits per heavy atom. The van der Waals surface area contributed by atoms with Crippen LogP contribution in [0.15, 0.2) is 18.3 Å². The first-order valence-electron chi connectivity index (χ1n) is 4.57. The van der Waals surface area contributed by atoms with E-state index in [9.17, 15) is 26.3 Å². The molecule has 1 nitrogen and oxygen atoms in total. The van der Waals surface area contributed by atoms with Gasteiger partial charge in [-0.1, -0.05) is 0 Å². The van der Waals surface area contributed by atoms with Crippen LogP contribution < -0.4 is 0 Å². The molecule has 0 radical (unpaired) electrons. The van der Waals surface area contributed by atoms with Crippen molar-refractivity contribution in [1.29, 1.82) is 0 Å². The Bertz CT molecular complexity index is 596. The lowest BCUT2D eigenvalue weighted by Crippen LogP contribution is -2.04. The maximum Gasteiger partial charge on any atom is 0.200 e. The van der Waals surface area contributed by atoms with Crippen molar-refractivity contribution in [3.05, 3.63) is 53.2 Å². The first kappa shape index (κ1) is 12.4. The smallest absolute Gasteiger partial charge is 0.200 e. The lowest BCUT2D eigenvalue weighted by molar-refractivity contribution is 0.381. The second-order valence-corrected chi connectivity index (χ2v) is 3.30. The molecule has 7 heteroatoms. The molecule has 0 bridgehead atoms. The zero-order valence-electron chi connectivity index (χ0n) is 8.45. The average molecular weight is 263 g/mol. The number of hydrogen-bond acceptors (Lipinski definition) is 1. The summed E-state index contributed by atoms with van der Waals surface area (Å²) in [5.74, 6) is -11.5. The molecule has 0 fully saturated rings. The second kappa shape index (κ2) is 4.32. The Morgan fingerprint density at radius 2 is 1.22 bits per heavy atom. The number of nitrogens with zero attached hydrogens (tertiary/aromatic N) is 1. The number of rotatable bonds is 1. The van der Waals surface area contributed by atoms with Crippen LogP contribution in [0, 0.1) is 34.9 Å². The van der Waals surface area contributed by atoms with Crippen molar-refractivity contribution in [3.63, 3.8) is 0 Å². The first-order chi connectivity index (χ1) is 8.43. The molecule has 0 aliphatic heterocycles. The van der Waals surface area contributed by atoms with Crippen molar-refractivity contribution in [3.8, 4) is 11.3 Å². The van der Waals surface area contributed by atoms with Crippen LogP contribution in [0.2, 0.25) is 0 Å². The van der Waals surface area contributed by atoms with Crippen LogP contribution in [0.3, 0.4) is 0 Å². The zero-order valence-corrected chi connectivity index (χ0v) is 8.45. The van der Waals surface area contributed by atoms with Crippen LogP contribution in [0.4, 0.5) is 26.3 Å². The van der Waals surface area contributed by atoms with Gasteiger partial charge in [0, 0.05) is 12.3 Å². The van der Waals surface area contributed by atoms with E-state index in [-0.39, 0.29) is 0 Å². The van der Waals surface area contributed by atoms with E-state index in [1.807, 2.05) is 0 Å². The molecule has 2 aromatic rings. The molecule has 0 atom stereocenters. The van der Waals surface area contributed by atoms with Crippen LogP contribution >= 0.6 is 0 Å². The van der Waals surface area contributed by atoms with Gasteiger partial charge in [0.15, 0.2) is 23.3 Å². The summed E-state index contributed by atoms with van der Waals surface area (Å²) < 4.78 is 78.1. The third-order valence-electron chi connectivity index (χ3n) is 2.19. The second-order valence-electron chi connectivity index (χ2n) is 3.30. The van der Waals surface area contributed by atoms with Crippen molar-refractivity contribution in [1.82, 2.24) is 4.98 Å². The third-order valence-corrected chi connectivity index (χ3v) is 2.19. The van der Waals surface area contributed by atoms with Crippen LogP contribution in [0.1, 0.15) is 0 Å². The predicted octanol–water partition coefficient (Wildman–Crippen LogP) is 3.58. The highest BCUT2D eigenvalue weighted by Gasteiger charge is 2.27. The number of pyridine rings is 1. The van der Waals surface area contributed by atoms with E-state index in [1.54, 1.807) is 0 Å². The quantitative estimate of drug-likeness (QED) is 0.435. The SMILES string of the molecule is Fc1ccnc(-c2c(F)c(F)c(F)c(F)c2F)c1. The van der Waals surface area contributed by atoms with Crippen LogP contribution in [0.5, 0.6) is 0 Å². The van der Waals surface area contributed by atoms with Gasteiger partial charge in [-0.2, -0.15) is 0 Å². The standard InChI is InChI=1S/C11H3F6N/c12-4-1-2-18-5(3-4)6-7(13)9(15)11(17)10(16)8(6)14/h1-3H. The fraction of sp³-hybridized carbons (Fsp3) is 0. The van der Waals surface area contributed by atoms with Crippen LogP contribution in [-0.2, 0) is 0 Å². The van der Waals surface area contributed by atoms with Gasteiger partial charge in [0.05, 0.1) is 11.3 Å². The molecule has 2 rings (SSSR count). The van der Waals surface area contributed by atoms with Gasteiger partial charge in [-0.05, 0) is 6.07 Å². The summed E-state index contributed by atoms with van der Waals surface area (Å²) in [6.07, 6.45) is 0.850. The minimum absolute atomic E-state index is 0.568. The molecule has 0 amide bonds. The Morgan fingerprint density at radius 1 is 0.722 bits per heavy atom. The molecular weight excluding hydrogens is 260 g/mol. The molecule has 0 N–H and O–H groups in total. The Balaban J connectivity index is 2.80. The van der Waals surface area contributed by atoms with Gasteiger partial charge < -0.3 is 0 Å². The summed E-state index contributed by atoms with van der Waals surface area (Å²) in [5, 5.41) is 0. The third kappa shape index (κ3) is 1.81. The summed E-state index contributed by atoms with van der Waals surface area (Å²) in [6, 6.07) is 1.44. The predicted molar refractivity (Wildman–Crippen MR) is 49.4 cm³/mol. The summed E-state index contributed by atoms with van der Waals surface area (Å²) in [7, 11) is 0. The van der Waals surface area contributed by atoms with Crippen molar-refractivity contribution in [2.24, 2.45) is 0 Å². The van der Waals surface area contributed by atoms with E-state index < -0.39 is 46.2 Å². The van der Waals surface area contributed by atoms with Crippen molar-refractivity contribution in [2.75, 3.05) is 0 Å². The van der Waals surface area contributed by atoms with E-state index in [0.29, 0.717) is 6.07 Å². The van der Waals surface area contributed by atoms with Gasteiger partial charge in [0.1, 0.15) is 5.82 Å². The molecule has 0 unspecified atom stereocenters. The molecule has 18 heavy (non-hydrogen) atoms. The lowest BCUT2D eigenvalue weighted by atomic mass is 10.1. The number of benzene rings is 1. The molecule has 0 spiro atoms. The van der Waals surface area contributed by atoms with Gasteiger partial charge in [-0.25, -0.2) is 26.3 Å². The fourth-order valence-corrected chi connectivity index (χ4v) is 1.37. The first-order valence-corrected chi connectivity index (χ1v) is 4.57. The van der Waals surface area contributed by atoms with E-state index in [2.05, 4.69) is 4.98 Å². The molecular formula is C11H3F6N. The van der Waals surface area contributed by atoms with Crippen molar-refractivity contribution >= 4 is 0 Å². The summed E-state index contributed by atoms with van der Waals surface area (Å²) in [5.41, 5.74) is -1.94. The lowest BCUT2D eigenvalue weighted by Gasteiger charge is -2.07. The van der Waals surface area contributed by atoms with Gasteiger partial charge in [0.2, 0.25) is 5.82 Å². The minimum atomic E-state index is -2.27. The Kier molecular flexibility index (Phi) is 2.98. The van der Waals surface area contributed by atoms with E-state index >= 15 is 0 Å². The van der Waals surface area contributed by atoms with Crippen LogP contribution in [0.25, 0.3) is 11.3 Å². The summed E-state index contributed by atoms with van der Waals surface area (Å²) in [6.45, 7) is 0. The fourth-order valence-electron chi connectivity index (χ4n) is 1.37. The summed E-state index contributed by atoms with van der Waals surface area (Å²) >= 11 is 0. The minimum Gasteiger partial charge on any atom is -0.256 e.